The minimum atomic E-state index is -5.01. The summed E-state index contributed by atoms with van der Waals surface area (Å²) in [5.74, 6) is -3.31. The van der Waals surface area contributed by atoms with Crippen LogP contribution in [0.1, 0.15) is 73.2 Å². The number of rotatable bonds is 8. The molecule has 1 aromatic heterocycles. The Kier molecular flexibility index (Phi) is 8.46. The van der Waals surface area contributed by atoms with E-state index in [-0.39, 0.29) is 23.8 Å². The molecule has 9 nitrogen and oxygen atoms in total. The number of hydrogen-bond donors (Lipinski definition) is 3. The summed E-state index contributed by atoms with van der Waals surface area (Å²) in [5, 5.41) is 6.06. The van der Waals surface area contributed by atoms with Crippen molar-refractivity contribution in [1.82, 2.24) is 9.88 Å². The van der Waals surface area contributed by atoms with Gasteiger partial charge in [0.05, 0.1) is 17.5 Å². The quantitative estimate of drug-likeness (QED) is 0.294. The molecule has 2 amide bonds. The summed E-state index contributed by atoms with van der Waals surface area (Å²) in [6.07, 6.45) is -2.38. The predicted molar refractivity (Wildman–Crippen MR) is 158 cm³/mol. The number of nitrogens with zero attached hydrogens (tertiary/aromatic N) is 1. The highest BCUT2D eigenvalue weighted by Crippen LogP contribution is 2.43. The Morgan fingerprint density at radius 1 is 1.05 bits per heavy atom. The molecular weight excluding hydrogens is 577 g/mol. The summed E-state index contributed by atoms with van der Waals surface area (Å²) in [5.41, 5.74) is 10.0. The Hall–Kier alpha value is -4.35. The fraction of sp³-hybridized carbons (Fsp3) is 0.438. The van der Waals surface area contributed by atoms with E-state index in [9.17, 15) is 32.3 Å². The number of amides is 2. The lowest BCUT2D eigenvalue weighted by atomic mass is 9.80. The molecule has 1 aliphatic heterocycles. The number of ether oxygens (including phenoxy) is 1. The number of carbonyl (C=O) groups is 4. The minimum absolute atomic E-state index is 0.0503. The van der Waals surface area contributed by atoms with Gasteiger partial charge in [-0.25, -0.2) is 0 Å². The van der Waals surface area contributed by atoms with Gasteiger partial charge < -0.3 is 21.1 Å². The summed E-state index contributed by atoms with van der Waals surface area (Å²) in [6, 6.07) is 13.2. The number of anilines is 1. The second-order valence-corrected chi connectivity index (χ2v) is 12.3. The van der Waals surface area contributed by atoms with Crippen molar-refractivity contribution in [3.05, 3.63) is 53.7 Å². The van der Waals surface area contributed by atoms with E-state index >= 15 is 0 Å². The number of alkyl halides is 3. The molecule has 0 saturated heterocycles. The Labute approximate surface area is 252 Å². The van der Waals surface area contributed by atoms with E-state index in [0.29, 0.717) is 49.8 Å². The molecule has 1 aliphatic carbocycles. The van der Waals surface area contributed by atoms with Crippen LogP contribution in [0, 0.1) is 5.41 Å². The number of para-hydroxylation sites is 1. The molecule has 3 aromatic rings. The van der Waals surface area contributed by atoms with Crippen molar-refractivity contribution in [3.8, 4) is 11.1 Å². The number of nitrogens with one attached hydrogen (secondary N) is 2. The molecule has 44 heavy (non-hydrogen) atoms. The first-order valence-corrected chi connectivity index (χ1v) is 14.6. The first-order chi connectivity index (χ1) is 20.7. The molecule has 4 N–H and O–H groups in total. The van der Waals surface area contributed by atoms with Crippen molar-refractivity contribution in [1.29, 1.82) is 0 Å². The normalized spacial score (nSPS) is 19.7. The number of esters is 1. The maximum Gasteiger partial charge on any atom is 0.471 e. The zero-order valence-electron chi connectivity index (χ0n) is 24.6. The number of carbonyl (C=O) groups excluding carboxylic acids is 4. The van der Waals surface area contributed by atoms with Crippen LogP contribution in [0.15, 0.2) is 42.5 Å². The number of halogens is 3. The van der Waals surface area contributed by atoms with Gasteiger partial charge in [0, 0.05) is 41.3 Å². The fourth-order valence-electron chi connectivity index (χ4n) is 6.27. The van der Waals surface area contributed by atoms with Gasteiger partial charge in [0.1, 0.15) is 6.10 Å². The van der Waals surface area contributed by atoms with Crippen LogP contribution >= 0.6 is 0 Å². The number of aromatic nitrogens is 1. The van der Waals surface area contributed by atoms with Gasteiger partial charge in [0.15, 0.2) is 0 Å². The lowest BCUT2D eigenvalue weighted by Crippen LogP contribution is -2.38. The molecule has 12 heteroatoms. The smallest absolute Gasteiger partial charge is 0.462 e. The third-order valence-corrected chi connectivity index (χ3v) is 8.28. The van der Waals surface area contributed by atoms with Gasteiger partial charge >= 0.3 is 18.1 Å². The highest BCUT2D eigenvalue weighted by Gasteiger charge is 2.38. The van der Waals surface area contributed by atoms with Crippen LogP contribution in [-0.2, 0) is 20.7 Å². The van der Waals surface area contributed by atoms with Crippen LogP contribution in [0.4, 0.5) is 18.9 Å². The Morgan fingerprint density at radius 3 is 2.43 bits per heavy atom. The highest BCUT2D eigenvalue weighted by atomic mass is 19.4. The molecule has 0 bridgehead atoms. The Bertz CT molecular complexity index is 1620. The summed E-state index contributed by atoms with van der Waals surface area (Å²) in [4.78, 5) is 48.6. The predicted octanol–water partition coefficient (Wildman–Crippen LogP) is 5.35. The molecule has 1 saturated carbocycles. The van der Waals surface area contributed by atoms with Crippen molar-refractivity contribution in [2.75, 3.05) is 11.9 Å². The van der Waals surface area contributed by atoms with E-state index in [1.54, 1.807) is 11.4 Å². The van der Waals surface area contributed by atoms with Gasteiger partial charge in [-0.1, -0.05) is 38.1 Å². The SMILES string of the molecule is CC1(C)CC(=O)n2c(c(-c3ccc(C(N)=O)c(N[C@H]4CC[C@H](OC(=O)CCNC(=O)C(F)(F)F)CC4)c3)c3ccccc32)C1. The molecule has 0 atom stereocenters. The van der Waals surface area contributed by atoms with E-state index < -0.39 is 36.6 Å². The highest BCUT2D eigenvalue weighted by molar-refractivity contribution is 6.06. The lowest BCUT2D eigenvalue weighted by molar-refractivity contribution is -0.173. The molecule has 2 heterocycles. The molecule has 0 unspecified atom stereocenters. The van der Waals surface area contributed by atoms with Crippen molar-refractivity contribution in [2.45, 2.75) is 77.1 Å². The van der Waals surface area contributed by atoms with E-state index in [4.69, 9.17) is 10.5 Å². The van der Waals surface area contributed by atoms with Gasteiger partial charge in [-0.05, 0) is 61.3 Å². The first-order valence-electron chi connectivity index (χ1n) is 14.6. The second kappa shape index (κ2) is 12.0. The molecule has 5 rings (SSSR count). The van der Waals surface area contributed by atoms with Gasteiger partial charge in [-0.2, -0.15) is 13.2 Å². The number of fused-ring (bicyclic) bond motifs is 3. The topological polar surface area (TPSA) is 133 Å². The van der Waals surface area contributed by atoms with Crippen molar-refractivity contribution >= 4 is 40.3 Å². The minimum Gasteiger partial charge on any atom is -0.462 e. The van der Waals surface area contributed by atoms with Crippen molar-refractivity contribution in [2.24, 2.45) is 11.1 Å². The largest absolute Gasteiger partial charge is 0.471 e. The maximum absolute atomic E-state index is 13.2. The standard InChI is InChI=1S/C32H35F3N4O5/c1-31(2)16-25-28(22-5-3-4-6-24(22)39(25)26(40)17-31)18-7-12-21(29(36)42)23(15-18)38-19-8-10-20(11-9-19)44-27(41)13-14-37-30(43)32(33,34)35/h3-7,12,15,19-20,38H,8-11,13-14,16-17H2,1-2H3,(H2,36,42)(H,37,43)/t19-,20-. The van der Waals surface area contributed by atoms with Crippen molar-refractivity contribution in [3.63, 3.8) is 0 Å². The Morgan fingerprint density at radius 2 is 1.75 bits per heavy atom. The molecule has 234 valence electrons. The van der Waals surface area contributed by atoms with Crippen LogP contribution in [0.5, 0.6) is 0 Å². The number of nitrogens with two attached hydrogens (primary N) is 1. The summed E-state index contributed by atoms with van der Waals surface area (Å²) in [6.45, 7) is 3.70. The van der Waals surface area contributed by atoms with E-state index in [0.717, 1.165) is 27.7 Å². The molecule has 0 spiro atoms. The number of benzene rings is 2. The van der Waals surface area contributed by atoms with Crippen LogP contribution in [0.25, 0.3) is 22.0 Å². The molecule has 2 aliphatic rings. The third-order valence-electron chi connectivity index (χ3n) is 8.28. The molecule has 0 radical (unpaired) electrons. The fourth-order valence-corrected chi connectivity index (χ4v) is 6.27. The van der Waals surface area contributed by atoms with Crippen LogP contribution in [-0.4, -0.2) is 53.1 Å². The van der Waals surface area contributed by atoms with E-state index in [1.807, 2.05) is 41.0 Å². The monoisotopic (exact) mass is 612 g/mol. The number of primary amides is 1. The second-order valence-electron chi connectivity index (χ2n) is 12.3. The van der Waals surface area contributed by atoms with Crippen LogP contribution in [0.3, 0.4) is 0 Å². The van der Waals surface area contributed by atoms with Crippen LogP contribution in [0.2, 0.25) is 0 Å². The lowest BCUT2D eigenvalue weighted by Gasteiger charge is -2.31. The molecular formula is C32H35F3N4O5. The Balaban J connectivity index is 1.30. The molecule has 2 aromatic carbocycles. The number of hydrogen-bond acceptors (Lipinski definition) is 6. The zero-order chi connectivity index (χ0) is 31.8. The van der Waals surface area contributed by atoms with E-state index in [1.165, 1.54) is 0 Å². The summed E-state index contributed by atoms with van der Waals surface area (Å²) < 4.78 is 44.1. The average Bonchev–Trinajstić information content (AvgIpc) is 3.26. The van der Waals surface area contributed by atoms with Gasteiger partial charge in [0.2, 0.25) is 5.91 Å². The summed E-state index contributed by atoms with van der Waals surface area (Å²) >= 11 is 0. The average molecular weight is 613 g/mol. The van der Waals surface area contributed by atoms with Gasteiger partial charge in [-0.15, -0.1) is 0 Å². The van der Waals surface area contributed by atoms with E-state index in [2.05, 4.69) is 19.2 Å². The van der Waals surface area contributed by atoms with Crippen molar-refractivity contribution < 1.29 is 37.1 Å². The first kappa shape index (κ1) is 31.1. The van der Waals surface area contributed by atoms with Gasteiger partial charge in [-0.3, -0.25) is 23.7 Å². The van der Waals surface area contributed by atoms with Gasteiger partial charge in [0.25, 0.3) is 5.91 Å². The summed E-state index contributed by atoms with van der Waals surface area (Å²) in [7, 11) is 0. The maximum atomic E-state index is 13.2. The zero-order valence-corrected chi connectivity index (χ0v) is 24.6. The molecule has 1 fully saturated rings. The van der Waals surface area contributed by atoms with Crippen LogP contribution < -0.4 is 16.4 Å². The third kappa shape index (κ3) is 6.58.